The van der Waals surface area contributed by atoms with Crippen LogP contribution in [0.5, 0.6) is 0 Å². The van der Waals surface area contributed by atoms with Crippen LogP contribution in [0.4, 0.5) is 0 Å². The van der Waals surface area contributed by atoms with Crippen molar-refractivity contribution in [2.24, 2.45) is 5.41 Å². The van der Waals surface area contributed by atoms with E-state index in [0.717, 1.165) is 13.0 Å². The number of rotatable bonds is 4. The fourth-order valence-electron chi connectivity index (χ4n) is 3.17. The Morgan fingerprint density at radius 1 is 1.26 bits per heavy atom. The number of nitrogens with one attached hydrogen (secondary N) is 1. The lowest BCUT2D eigenvalue weighted by Crippen LogP contribution is -2.32. The maximum absolute atomic E-state index is 3.77. The first-order valence-corrected chi connectivity index (χ1v) is 7.93. The van der Waals surface area contributed by atoms with Crippen LogP contribution < -0.4 is 5.32 Å². The monoisotopic (exact) mass is 271 g/mol. The number of thiophene rings is 1. The summed E-state index contributed by atoms with van der Waals surface area (Å²) in [6, 6.07) is 11.6. The molecule has 2 aromatic rings. The van der Waals surface area contributed by atoms with Crippen molar-refractivity contribution >= 4 is 11.3 Å². The average molecular weight is 271 g/mol. The van der Waals surface area contributed by atoms with Crippen molar-refractivity contribution in [2.45, 2.75) is 32.7 Å². The van der Waals surface area contributed by atoms with Gasteiger partial charge in [-0.2, -0.15) is 11.3 Å². The van der Waals surface area contributed by atoms with E-state index in [1.807, 2.05) is 0 Å². The van der Waals surface area contributed by atoms with Crippen molar-refractivity contribution in [3.63, 3.8) is 0 Å². The lowest BCUT2D eigenvalue weighted by molar-refractivity contribution is 0.271. The molecule has 1 aromatic carbocycles. The number of hydrogen-bond acceptors (Lipinski definition) is 2. The molecule has 0 aliphatic heterocycles. The molecule has 3 rings (SSSR count). The van der Waals surface area contributed by atoms with E-state index in [2.05, 4.69) is 60.3 Å². The smallest absolute Gasteiger partial charge is 0.0377 e. The molecule has 1 aliphatic rings. The Balaban J connectivity index is 1.69. The van der Waals surface area contributed by atoms with E-state index in [1.165, 1.54) is 23.1 Å². The fourth-order valence-corrected chi connectivity index (χ4v) is 3.88. The van der Waals surface area contributed by atoms with E-state index in [0.29, 0.717) is 11.5 Å². The lowest BCUT2D eigenvalue weighted by Gasteiger charge is -2.28. The maximum Gasteiger partial charge on any atom is 0.0377 e. The zero-order chi connectivity index (χ0) is 13.3. The molecule has 100 valence electrons. The first-order chi connectivity index (χ1) is 9.17. The minimum Gasteiger partial charge on any atom is -0.309 e. The molecular formula is C17H21NS. The highest BCUT2D eigenvalue weighted by Crippen LogP contribution is 2.44. The van der Waals surface area contributed by atoms with Crippen LogP contribution in [-0.2, 0) is 12.8 Å². The number of fused-ring (bicyclic) bond motifs is 1. The van der Waals surface area contributed by atoms with Crippen LogP contribution in [0.2, 0.25) is 0 Å². The Morgan fingerprint density at radius 2 is 2.11 bits per heavy atom. The van der Waals surface area contributed by atoms with Crippen LogP contribution >= 0.6 is 11.3 Å². The molecule has 1 unspecified atom stereocenters. The molecule has 0 spiro atoms. The third-order valence-corrected chi connectivity index (χ3v) is 4.87. The third kappa shape index (κ3) is 2.60. The number of hydrogen-bond donors (Lipinski definition) is 1. The normalized spacial score (nSPS) is 20.4. The summed E-state index contributed by atoms with van der Waals surface area (Å²) < 4.78 is 0. The zero-order valence-electron chi connectivity index (χ0n) is 11.6. The predicted octanol–water partition coefficient (Wildman–Crippen LogP) is 4.20. The maximum atomic E-state index is 3.77. The van der Waals surface area contributed by atoms with Crippen LogP contribution in [0.3, 0.4) is 0 Å². The van der Waals surface area contributed by atoms with E-state index in [1.54, 1.807) is 11.3 Å². The van der Waals surface area contributed by atoms with Gasteiger partial charge in [0.2, 0.25) is 0 Å². The van der Waals surface area contributed by atoms with E-state index < -0.39 is 0 Å². The molecule has 1 heterocycles. The molecular weight excluding hydrogens is 250 g/mol. The predicted molar refractivity (Wildman–Crippen MR) is 82.7 cm³/mol. The highest BCUT2D eigenvalue weighted by Gasteiger charge is 2.37. The second kappa shape index (κ2) is 5.10. The molecule has 2 heteroatoms. The summed E-state index contributed by atoms with van der Waals surface area (Å²) in [6.45, 7) is 5.80. The Kier molecular flexibility index (Phi) is 3.46. The van der Waals surface area contributed by atoms with Gasteiger partial charge in [0.05, 0.1) is 0 Å². The summed E-state index contributed by atoms with van der Waals surface area (Å²) in [4.78, 5) is 0. The highest BCUT2D eigenvalue weighted by molar-refractivity contribution is 7.07. The molecule has 0 fully saturated rings. The highest BCUT2D eigenvalue weighted by atomic mass is 32.1. The van der Waals surface area contributed by atoms with Gasteiger partial charge in [0, 0.05) is 6.04 Å². The van der Waals surface area contributed by atoms with Crippen LogP contribution in [0.25, 0.3) is 0 Å². The van der Waals surface area contributed by atoms with E-state index >= 15 is 0 Å². The van der Waals surface area contributed by atoms with Gasteiger partial charge in [-0.3, -0.25) is 0 Å². The van der Waals surface area contributed by atoms with Gasteiger partial charge < -0.3 is 5.32 Å². The van der Waals surface area contributed by atoms with Crippen molar-refractivity contribution in [1.82, 2.24) is 5.32 Å². The minimum atomic E-state index is 0.318. The summed E-state index contributed by atoms with van der Waals surface area (Å²) in [5, 5.41) is 8.17. The molecule has 0 saturated carbocycles. The molecule has 1 N–H and O–H groups in total. The summed E-state index contributed by atoms with van der Waals surface area (Å²) in [5.41, 5.74) is 4.78. The molecule has 1 aliphatic carbocycles. The lowest BCUT2D eigenvalue weighted by atomic mass is 9.85. The summed E-state index contributed by atoms with van der Waals surface area (Å²) in [6.07, 6.45) is 2.30. The van der Waals surface area contributed by atoms with E-state index in [4.69, 9.17) is 0 Å². The van der Waals surface area contributed by atoms with Gasteiger partial charge >= 0.3 is 0 Å². The van der Waals surface area contributed by atoms with Gasteiger partial charge in [-0.05, 0) is 58.3 Å². The standard InChI is InChI=1S/C17H21NS/c1-17(2)11-14-5-3-4-6-15(14)16(17)18-9-7-13-8-10-19-12-13/h3-6,8,10,12,16,18H,7,9,11H2,1-2H3. The van der Waals surface area contributed by atoms with Gasteiger partial charge in [0.15, 0.2) is 0 Å². The Hall–Kier alpha value is -1.12. The molecule has 0 amide bonds. The average Bonchev–Trinajstić information content (AvgIpc) is 2.96. The van der Waals surface area contributed by atoms with Crippen molar-refractivity contribution in [3.05, 3.63) is 57.8 Å². The summed E-state index contributed by atoms with van der Waals surface area (Å²) in [5.74, 6) is 0. The van der Waals surface area contributed by atoms with Gasteiger partial charge in [-0.15, -0.1) is 0 Å². The van der Waals surface area contributed by atoms with Crippen LogP contribution in [0, 0.1) is 5.41 Å². The molecule has 0 radical (unpaired) electrons. The second-order valence-electron chi connectivity index (χ2n) is 6.13. The van der Waals surface area contributed by atoms with Crippen molar-refractivity contribution in [2.75, 3.05) is 6.54 Å². The van der Waals surface area contributed by atoms with Crippen molar-refractivity contribution < 1.29 is 0 Å². The van der Waals surface area contributed by atoms with Gasteiger partial charge in [0.25, 0.3) is 0 Å². The molecule has 1 atom stereocenters. The van der Waals surface area contributed by atoms with Crippen LogP contribution in [0.15, 0.2) is 41.1 Å². The zero-order valence-corrected chi connectivity index (χ0v) is 12.5. The Labute approximate surface area is 119 Å². The molecule has 1 nitrogen and oxygen atoms in total. The SMILES string of the molecule is CC1(C)Cc2ccccc2C1NCCc1ccsc1. The summed E-state index contributed by atoms with van der Waals surface area (Å²) >= 11 is 1.78. The second-order valence-corrected chi connectivity index (χ2v) is 6.91. The van der Waals surface area contributed by atoms with E-state index in [-0.39, 0.29) is 0 Å². The molecule has 0 bridgehead atoms. The van der Waals surface area contributed by atoms with Crippen molar-refractivity contribution in [3.8, 4) is 0 Å². The molecule has 1 aromatic heterocycles. The van der Waals surface area contributed by atoms with Crippen molar-refractivity contribution in [1.29, 1.82) is 0 Å². The minimum absolute atomic E-state index is 0.318. The molecule has 0 saturated heterocycles. The Morgan fingerprint density at radius 3 is 2.89 bits per heavy atom. The first-order valence-electron chi connectivity index (χ1n) is 6.99. The summed E-state index contributed by atoms with van der Waals surface area (Å²) in [7, 11) is 0. The quantitative estimate of drug-likeness (QED) is 0.878. The number of benzene rings is 1. The van der Waals surface area contributed by atoms with E-state index in [9.17, 15) is 0 Å². The molecule has 19 heavy (non-hydrogen) atoms. The van der Waals surface area contributed by atoms with Gasteiger partial charge in [-0.1, -0.05) is 38.1 Å². The van der Waals surface area contributed by atoms with Crippen LogP contribution in [0.1, 0.15) is 36.6 Å². The topological polar surface area (TPSA) is 12.0 Å². The fraction of sp³-hybridized carbons (Fsp3) is 0.412. The third-order valence-electron chi connectivity index (χ3n) is 4.14. The van der Waals surface area contributed by atoms with Crippen LogP contribution in [-0.4, -0.2) is 6.54 Å². The van der Waals surface area contributed by atoms with Gasteiger partial charge in [-0.25, -0.2) is 0 Å². The first kappa shape index (κ1) is 12.9. The largest absolute Gasteiger partial charge is 0.309 e. The Bertz CT molecular complexity index is 542. The van der Waals surface area contributed by atoms with Gasteiger partial charge in [0.1, 0.15) is 0 Å².